The normalized spacial score (nSPS) is 32.9. The Morgan fingerprint density at radius 2 is 1.86 bits per heavy atom. The minimum Gasteiger partial charge on any atom is -0.392 e. The fraction of sp³-hybridized carbons (Fsp3) is 0.500. The molecule has 0 spiro atoms. The van der Waals surface area contributed by atoms with Crippen molar-refractivity contribution < 1.29 is 5.11 Å². The van der Waals surface area contributed by atoms with Crippen LogP contribution in [0.2, 0.25) is 0 Å². The van der Waals surface area contributed by atoms with Crippen LogP contribution >= 0.6 is 0 Å². The van der Waals surface area contributed by atoms with E-state index in [0.717, 1.165) is 19.3 Å². The van der Waals surface area contributed by atoms with Crippen molar-refractivity contribution in [1.29, 1.82) is 0 Å². The van der Waals surface area contributed by atoms with Crippen LogP contribution in [0.4, 0.5) is 0 Å². The molecule has 0 aromatic heterocycles. The summed E-state index contributed by atoms with van der Waals surface area (Å²) in [4.78, 5) is 0. The van der Waals surface area contributed by atoms with E-state index in [1.54, 1.807) is 0 Å². The zero-order valence-electron chi connectivity index (χ0n) is 8.26. The number of aliphatic hydroxyl groups is 1. The summed E-state index contributed by atoms with van der Waals surface area (Å²) in [5.74, 6) is 0.537. The maximum atomic E-state index is 9.52. The molecular formula is C12H17NO. The molecule has 1 aliphatic rings. The fourth-order valence-electron chi connectivity index (χ4n) is 2.22. The van der Waals surface area contributed by atoms with Gasteiger partial charge in [0.2, 0.25) is 0 Å². The van der Waals surface area contributed by atoms with E-state index in [0.29, 0.717) is 5.92 Å². The molecule has 0 radical (unpaired) electrons. The van der Waals surface area contributed by atoms with Gasteiger partial charge in [0.05, 0.1) is 6.10 Å². The van der Waals surface area contributed by atoms with Crippen molar-refractivity contribution in [2.45, 2.75) is 37.3 Å². The molecule has 0 amide bonds. The van der Waals surface area contributed by atoms with Gasteiger partial charge in [-0.3, -0.25) is 0 Å². The number of benzene rings is 1. The second-order valence-electron chi connectivity index (χ2n) is 4.15. The van der Waals surface area contributed by atoms with Crippen LogP contribution in [0, 0.1) is 0 Å². The second-order valence-corrected chi connectivity index (χ2v) is 4.15. The highest BCUT2D eigenvalue weighted by Crippen LogP contribution is 2.31. The number of hydrogen-bond acceptors (Lipinski definition) is 2. The van der Waals surface area contributed by atoms with E-state index >= 15 is 0 Å². The van der Waals surface area contributed by atoms with Crippen LogP contribution in [-0.2, 0) is 0 Å². The van der Waals surface area contributed by atoms with Gasteiger partial charge in [-0.1, -0.05) is 30.3 Å². The Kier molecular flexibility index (Phi) is 2.85. The van der Waals surface area contributed by atoms with Crippen LogP contribution in [0.15, 0.2) is 30.3 Å². The molecule has 2 heteroatoms. The lowest BCUT2D eigenvalue weighted by molar-refractivity contribution is 0.100. The van der Waals surface area contributed by atoms with Crippen molar-refractivity contribution in [3.8, 4) is 0 Å². The average molecular weight is 191 g/mol. The van der Waals surface area contributed by atoms with E-state index in [1.165, 1.54) is 5.56 Å². The monoisotopic (exact) mass is 191 g/mol. The number of nitrogens with two attached hydrogens (primary N) is 1. The number of hydrogen-bond donors (Lipinski definition) is 2. The van der Waals surface area contributed by atoms with Gasteiger partial charge in [-0.2, -0.15) is 0 Å². The Hall–Kier alpha value is -0.860. The lowest BCUT2D eigenvalue weighted by atomic mass is 9.80. The van der Waals surface area contributed by atoms with Crippen molar-refractivity contribution >= 4 is 0 Å². The SMILES string of the molecule is NC1CC(c2ccccc2)CCC1O. The summed E-state index contributed by atoms with van der Waals surface area (Å²) in [6, 6.07) is 10.4. The summed E-state index contributed by atoms with van der Waals surface area (Å²) in [5, 5.41) is 9.52. The zero-order chi connectivity index (χ0) is 9.97. The maximum absolute atomic E-state index is 9.52. The van der Waals surface area contributed by atoms with Gasteiger partial charge < -0.3 is 10.8 Å². The smallest absolute Gasteiger partial charge is 0.0691 e. The highest BCUT2D eigenvalue weighted by Gasteiger charge is 2.26. The van der Waals surface area contributed by atoms with Gasteiger partial charge in [0.15, 0.2) is 0 Å². The highest BCUT2D eigenvalue weighted by atomic mass is 16.3. The van der Waals surface area contributed by atoms with Crippen molar-refractivity contribution in [3.63, 3.8) is 0 Å². The van der Waals surface area contributed by atoms with Crippen LogP contribution in [0.5, 0.6) is 0 Å². The molecule has 1 fully saturated rings. The van der Waals surface area contributed by atoms with Crippen molar-refractivity contribution in [2.24, 2.45) is 5.73 Å². The molecule has 3 unspecified atom stereocenters. The summed E-state index contributed by atoms with van der Waals surface area (Å²) in [6.45, 7) is 0. The van der Waals surface area contributed by atoms with Crippen LogP contribution in [-0.4, -0.2) is 17.3 Å². The molecule has 1 aromatic rings. The third kappa shape index (κ3) is 1.97. The Labute approximate surface area is 84.7 Å². The molecule has 0 aliphatic heterocycles. The average Bonchev–Trinajstić information content (AvgIpc) is 2.23. The van der Waals surface area contributed by atoms with E-state index in [2.05, 4.69) is 24.3 Å². The van der Waals surface area contributed by atoms with Crippen molar-refractivity contribution in [2.75, 3.05) is 0 Å². The van der Waals surface area contributed by atoms with Crippen LogP contribution in [0.25, 0.3) is 0 Å². The summed E-state index contributed by atoms with van der Waals surface area (Å²) in [5.41, 5.74) is 7.21. The Balaban J connectivity index is 2.07. The molecule has 14 heavy (non-hydrogen) atoms. The Bertz CT molecular complexity index is 286. The zero-order valence-corrected chi connectivity index (χ0v) is 8.26. The minimum absolute atomic E-state index is 0.0473. The van der Waals surface area contributed by atoms with Gasteiger partial charge in [0.1, 0.15) is 0 Å². The first-order chi connectivity index (χ1) is 6.77. The topological polar surface area (TPSA) is 46.2 Å². The Morgan fingerprint density at radius 3 is 2.50 bits per heavy atom. The highest BCUT2D eigenvalue weighted by molar-refractivity contribution is 5.20. The lowest BCUT2D eigenvalue weighted by Gasteiger charge is -2.31. The maximum Gasteiger partial charge on any atom is 0.0691 e. The summed E-state index contributed by atoms with van der Waals surface area (Å²) >= 11 is 0. The molecule has 1 aliphatic carbocycles. The minimum atomic E-state index is -0.296. The molecule has 0 saturated heterocycles. The van der Waals surface area contributed by atoms with Crippen LogP contribution in [0.1, 0.15) is 30.7 Å². The molecule has 1 aromatic carbocycles. The van der Waals surface area contributed by atoms with Gasteiger partial charge in [-0.25, -0.2) is 0 Å². The predicted molar refractivity (Wildman–Crippen MR) is 57.0 cm³/mol. The van der Waals surface area contributed by atoms with Gasteiger partial charge >= 0.3 is 0 Å². The molecule has 76 valence electrons. The molecule has 3 N–H and O–H groups in total. The molecule has 2 rings (SSSR count). The largest absolute Gasteiger partial charge is 0.392 e. The summed E-state index contributed by atoms with van der Waals surface area (Å²) in [7, 11) is 0. The molecule has 0 bridgehead atoms. The van der Waals surface area contributed by atoms with E-state index in [9.17, 15) is 5.11 Å². The first-order valence-corrected chi connectivity index (χ1v) is 5.26. The van der Waals surface area contributed by atoms with Crippen molar-refractivity contribution in [3.05, 3.63) is 35.9 Å². The third-order valence-electron chi connectivity index (χ3n) is 3.13. The van der Waals surface area contributed by atoms with Gasteiger partial charge in [-0.05, 0) is 30.7 Å². The molecule has 3 atom stereocenters. The fourth-order valence-corrected chi connectivity index (χ4v) is 2.22. The lowest BCUT2D eigenvalue weighted by Crippen LogP contribution is -2.39. The summed E-state index contributed by atoms with van der Waals surface area (Å²) < 4.78 is 0. The van der Waals surface area contributed by atoms with Crippen LogP contribution in [0.3, 0.4) is 0 Å². The van der Waals surface area contributed by atoms with E-state index < -0.39 is 0 Å². The first kappa shape index (κ1) is 9.69. The van der Waals surface area contributed by atoms with Gasteiger partial charge in [0, 0.05) is 6.04 Å². The quantitative estimate of drug-likeness (QED) is 0.709. The molecular weight excluding hydrogens is 174 g/mol. The van der Waals surface area contributed by atoms with Gasteiger partial charge in [0.25, 0.3) is 0 Å². The second kappa shape index (κ2) is 4.11. The number of rotatable bonds is 1. The third-order valence-corrected chi connectivity index (χ3v) is 3.13. The first-order valence-electron chi connectivity index (χ1n) is 5.26. The molecule has 0 heterocycles. The van der Waals surface area contributed by atoms with E-state index in [4.69, 9.17) is 5.73 Å². The van der Waals surface area contributed by atoms with E-state index in [1.807, 2.05) is 6.07 Å². The molecule has 1 saturated carbocycles. The standard InChI is InChI=1S/C12H17NO/c13-11-8-10(6-7-12(11)14)9-4-2-1-3-5-9/h1-5,10-12,14H,6-8,13H2. The van der Waals surface area contributed by atoms with Crippen molar-refractivity contribution in [1.82, 2.24) is 0 Å². The number of aliphatic hydroxyl groups excluding tert-OH is 1. The summed E-state index contributed by atoms with van der Waals surface area (Å²) in [6.07, 6.45) is 2.50. The molecule has 2 nitrogen and oxygen atoms in total. The predicted octanol–water partition coefficient (Wildman–Crippen LogP) is 1.64. The van der Waals surface area contributed by atoms with Gasteiger partial charge in [-0.15, -0.1) is 0 Å². The Morgan fingerprint density at radius 1 is 1.14 bits per heavy atom. The van der Waals surface area contributed by atoms with E-state index in [-0.39, 0.29) is 12.1 Å². The van der Waals surface area contributed by atoms with Crippen LogP contribution < -0.4 is 5.73 Å².